The molecule has 3 nitrogen and oxygen atoms in total. The van der Waals surface area contributed by atoms with Gasteiger partial charge in [0.2, 0.25) is 5.91 Å². The summed E-state index contributed by atoms with van der Waals surface area (Å²) in [5.74, 6) is -0.473. The molecule has 0 aliphatic carbocycles. The number of nitrogens with two attached hydrogens (primary N) is 2. The molecule has 0 radical (unpaired) electrons. The van der Waals surface area contributed by atoms with Gasteiger partial charge in [0.05, 0.1) is 0 Å². The lowest BCUT2D eigenvalue weighted by atomic mass is 10.2. The maximum Gasteiger partial charge on any atom is 0.246 e. The average Bonchev–Trinajstić information content (AvgIpc) is 1.87. The van der Waals surface area contributed by atoms with Crippen LogP contribution >= 0.6 is 0 Å². The Balaban J connectivity index is 4.33. The molecule has 0 saturated heterocycles. The molecule has 0 atom stereocenters. The minimum absolute atomic E-state index is 0.417. The van der Waals surface area contributed by atoms with E-state index in [2.05, 4.69) is 6.58 Å². The van der Waals surface area contributed by atoms with Crippen LogP contribution < -0.4 is 11.5 Å². The van der Waals surface area contributed by atoms with Gasteiger partial charge in [-0.2, -0.15) is 0 Å². The number of primary amides is 1. The van der Waals surface area contributed by atoms with Crippen LogP contribution in [-0.2, 0) is 4.79 Å². The zero-order chi connectivity index (χ0) is 8.15. The van der Waals surface area contributed by atoms with Crippen molar-refractivity contribution in [3.8, 4) is 0 Å². The molecule has 0 unspecified atom stereocenters. The van der Waals surface area contributed by atoms with Gasteiger partial charge in [0.15, 0.2) is 0 Å². The van der Waals surface area contributed by atoms with Crippen LogP contribution in [-0.4, -0.2) is 5.91 Å². The van der Waals surface area contributed by atoms with Crippen molar-refractivity contribution >= 4 is 5.91 Å². The molecule has 56 valence electrons. The summed E-state index contributed by atoms with van der Waals surface area (Å²) in [5, 5.41) is 0. The van der Waals surface area contributed by atoms with E-state index >= 15 is 0 Å². The first-order valence-electron chi connectivity index (χ1n) is 2.95. The summed E-state index contributed by atoms with van der Waals surface area (Å²) >= 11 is 0. The van der Waals surface area contributed by atoms with Gasteiger partial charge in [0.1, 0.15) is 0 Å². The van der Waals surface area contributed by atoms with Gasteiger partial charge in [-0.05, 0) is 6.92 Å². The third kappa shape index (κ3) is 2.35. The third-order valence-corrected chi connectivity index (χ3v) is 1.22. The predicted octanol–water partition coefficient (Wildman–Crippen LogP) is 0.281. The smallest absolute Gasteiger partial charge is 0.246 e. The standard InChI is InChI=1S/C7H12N2O/c1-3-4-6(8)5(2)7(9)10/h3H,1,4,8H2,2H3,(H2,9,10). The molecule has 0 saturated carbocycles. The molecule has 0 aliphatic heterocycles. The zero-order valence-corrected chi connectivity index (χ0v) is 6.05. The topological polar surface area (TPSA) is 69.1 Å². The highest BCUT2D eigenvalue weighted by Gasteiger charge is 2.00. The summed E-state index contributed by atoms with van der Waals surface area (Å²) < 4.78 is 0. The Kier molecular flexibility index (Phi) is 3.25. The van der Waals surface area contributed by atoms with Crippen molar-refractivity contribution in [1.82, 2.24) is 0 Å². The van der Waals surface area contributed by atoms with Crippen LogP contribution in [0.25, 0.3) is 0 Å². The molecule has 0 aromatic heterocycles. The molecule has 0 bridgehead atoms. The van der Waals surface area contributed by atoms with Gasteiger partial charge in [-0.1, -0.05) is 6.08 Å². The van der Waals surface area contributed by atoms with E-state index in [0.717, 1.165) is 0 Å². The maximum atomic E-state index is 10.5. The molecule has 3 heteroatoms. The van der Waals surface area contributed by atoms with E-state index in [9.17, 15) is 4.79 Å². The minimum atomic E-state index is -0.473. The number of hydrogen-bond acceptors (Lipinski definition) is 2. The van der Waals surface area contributed by atoms with E-state index in [1.54, 1.807) is 13.0 Å². The van der Waals surface area contributed by atoms with E-state index in [4.69, 9.17) is 11.5 Å². The Morgan fingerprint density at radius 1 is 1.60 bits per heavy atom. The van der Waals surface area contributed by atoms with Crippen LogP contribution in [0.4, 0.5) is 0 Å². The normalized spacial score (nSPS) is 12.1. The molecular formula is C7H12N2O. The molecule has 0 aromatic carbocycles. The SMILES string of the molecule is C=CCC(N)=C(C)C(N)=O. The molecule has 0 aliphatic rings. The second-order valence-electron chi connectivity index (χ2n) is 2.01. The maximum absolute atomic E-state index is 10.5. The highest BCUT2D eigenvalue weighted by molar-refractivity contribution is 5.91. The van der Waals surface area contributed by atoms with E-state index in [1.807, 2.05) is 0 Å². The highest BCUT2D eigenvalue weighted by Crippen LogP contribution is 2.00. The molecule has 10 heavy (non-hydrogen) atoms. The van der Waals surface area contributed by atoms with Gasteiger partial charge in [-0.15, -0.1) is 6.58 Å². The van der Waals surface area contributed by atoms with Crippen LogP contribution in [0.5, 0.6) is 0 Å². The first kappa shape index (κ1) is 8.75. The molecule has 0 spiro atoms. The molecule has 1 amide bonds. The largest absolute Gasteiger partial charge is 0.401 e. The second kappa shape index (κ2) is 3.71. The number of amides is 1. The Labute approximate surface area is 60.4 Å². The van der Waals surface area contributed by atoms with Crippen LogP contribution in [0.2, 0.25) is 0 Å². The summed E-state index contributed by atoms with van der Waals surface area (Å²) in [6, 6.07) is 0. The summed E-state index contributed by atoms with van der Waals surface area (Å²) in [6.45, 7) is 5.07. The van der Waals surface area contributed by atoms with Crippen molar-refractivity contribution in [3.63, 3.8) is 0 Å². The molecule has 0 fully saturated rings. The van der Waals surface area contributed by atoms with E-state index in [-0.39, 0.29) is 0 Å². The van der Waals surface area contributed by atoms with Crippen molar-refractivity contribution in [2.75, 3.05) is 0 Å². The average molecular weight is 140 g/mol. The number of hydrogen-bond donors (Lipinski definition) is 2. The first-order chi connectivity index (χ1) is 4.59. The van der Waals surface area contributed by atoms with Crippen LogP contribution in [0.1, 0.15) is 13.3 Å². The highest BCUT2D eigenvalue weighted by atomic mass is 16.1. The fraction of sp³-hybridized carbons (Fsp3) is 0.286. The van der Waals surface area contributed by atoms with Crippen molar-refractivity contribution in [1.29, 1.82) is 0 Å². The Hall–Kier alpha value is -1.25. The number of carbonyl (C=O) groups excluding carboxylic acids is 1. The van der Waals surface area contributed by atoms with Gasteiger partial charge < -0.3 is 11.5 Å². The lowest BCUT2D eigenvalue weighted by molar-refractivity contribution is -0.114. The Bertz CT molecular complexity index is 182. The van der Waals surface area contributed by atoms with Gasteiger partial charge in [-0.3, -0.25) is 4.79 Å². The fourth-order valence-electron chi connectivity index (χ4n) is 0.467. The molecular weight excluding hydrogens is 128 g/mol. The van der Waals surface area contributed by atoms with Crippen molar-refractivity contribution in [2.24, 2.45) is 11.5 Å². The minimum Gasteiger partial charge on any atom is -0.401 e. The third-order valence-electron chi connectivity index (χ3n) is 1.22. The van der Waals surface area contributed by atoms with Crippen molar-refractivity contribution in [3.05, 3.63) is 23.9 Å². The molecule has 0 rings (SSSR count). The zero-order valence-electron chi connectivity index (χ0n) is 6.05. The first-order valence-corrected chi connectivity index (χ1v) is 2.95. The van der Waals surface area contributed by atoms with E-state index < -0.39 is 5.91 Å². The van der Waals surface area contributed by atoms with Crippen molar-refractivity contribution < 1.29 is 4.79 Å². The second-order valence-corrected chi connectivity index (χ2v) is 2.01. The molecule has 0 aromatic rings. The van der Waals surface area contributed by atoms with E-state index in [1.165, 1.54) is 0 Å². The monoisotopic (exact) mass is 140 g/mol. The summed E-state index contributed by atoms with van der Waals surface area (Å²) in [5.41, 5.74) is 11.3. The van der Waals surface area contributed by atoms with Gasteiger partial charge in [0, 0.05) is 17.7 Å². The van der Waals surface area contributed by atoms with Crippen molar-refractivity contribution in [2.45, 2.75) is 13.3 Å². The van der Waals surface area contributed by atoms with E-state index in [0.29, 0.717) is 17.7 Å². The lowest BCUT2D eigenvalue weighted by Crippen LogP contribution is -2.16. The summed E-state index contributed by atoms with van der Waals surface area (Å²) in [6.07, 6.45) is 2.14. The number of rotatable bonds is 3. The van der Waals surface area contributed by atoms with Gasteiger partial charge in [0.25, 0.3) is 0 Å². The lowest BCUT2D eigenvalue weighted by Gasteiger charge is -1.99. The van der Waals surface area contributed by atoms with Crippen LogP contribution in [0.3, 0.4) is 0 Å². The predicted molar refractivity (Wildman–Crippen MR) is 40.9 cm³/mol. The van der Waals surface area contributed by atoms with Gasteiger partial charge in [-0.25, -0.2) is 0 Å². The Morgan fingerprint density at radius 2 is 2.10 bits per heavy atom. The van der Waals surface area contributed by atoms with Gasteiger partial charge >= 0.3 is 0 Å². The Morgan fingerprint density at radius 3 is 2.40 bits per heavy atom. The summed E-state index contributed by atoms with van der Waals surface area (Å²) in [7, 11) is 0. The number of allylic oxidation sites excluding steroid dienone is 1. The number of carbonyl (C=O) groups is 1. The van der Waals surface area contributed by atoms with Crippen LogP contribution in [0.15, 0.2) is 23.9 Å². The quantitative estimate of drug-likeness (QED) is 0.436. The van der Waals surface area contributed by atoms with Crippen LogP contribution in [0, 0.1) is 0 Å². The molecule has 0 heterocycles. The fourth-order valence-corrected chi connectivity index (χ4v) is 0.467. The molecule has 4 N–H and O–H groups in total. The summed E-state index contributed by atoms with van der Waals surface area (Å²) in [4.78, 5) is 10.5.